The molecule has 1 aliphatic rings. The number of aryl methyl sites for hydroxylation is 1. The zero-order valence-corrected chi connectivity index (χ0v) is 19.0. The van der Waals surface area contributed by atoms with Gasteiger partial charge in [0.15, 0.2) is 0 Å². The van der Waals surface area contributed by atoms with E-state index < -0.39 is 5.91 Å². The number of hydrogen-bond acceptors (Lipinski definition) is 4. The Morgan fingerprint density at radius 3 is 2.15 bits per heavy atom. The van der Waals surface area contributed by atoms with Crippen molar-refractivity contribution in [1.82, 2.24) is 4.90 Å². The fourth-order valence-corrected chi connectivity index (χ4v) is 4.21. The van der Waals surface area contributed by atoms with Gasteiger partial charge in [0.05, 0.1) is 11.3 Å². The summed E-state index contributed by atoms with van der Waals surface area (Å²) in [6.07, 6.45) is 0. The first-order valence-corrected chi connectivity index (χ1v) is 11.3. The maximum Gasteiger partial charge on any atom is 0.258 e. The van der Waals surface area contributed by atoms with E-state index in [1.54, 1.807) is 23.1 Å². The van der Waals surface area contributed by atoms with E-state index in [-0.39, 0.29) is 5.91 Å². The molecule has 1 saturated heterocycles. The number of hydrogen-bond donors (Lipinski definition) is 1. The fraction of sp³-hybridized carbons (Fsp3) is 0.259. The van der Waals surface area contributed by atoms with E-state index in [9.17, 15) is 9.59 Å². The summed E-state index contributed by atoms with van der Waals surface area (Å²) < 4.78 is 0. The van der Waals surface area contributed by atoms with Crippen LogP contribution in [0.15, 0.2) is 78.9 Å². The number of piperazine rings is 1. The highest BCUT2D eigenvalue weighted by Gasteiger charge is 2.24. The number of carbonyl (C=O) groups is 2. The van der Waals surface area contributed by atoms with Gasteiger partial charge in [0.25, 0.3) is 11.8 Å². The Kier molecular flexibility index (Phi) is 7.05. The smallest absolute Gasteiger partial charge is 0.258 e. The Morgan fingerprint density at radius 1 is 0.848 bits per heavy atom. The summed E-state index contributed by atoms with van der Waals surface area (Å²) in [6, 6.07) is 25.0. The molecular formula is C27H30N4O2. The van der Waals surface area contributed by atoms with Gasteiger partial charge in [-0.05, 0) is 43.3 Å². The van der Waals surface area contributed by atoms with Crippen LogP contribution in [0.2, 0.25) is 0 Å². The van der Waals surface area contributed by atoms with Crippen molar-refractivity contribution in [2.75, 3.05) is 49.1 Å². The van der Waals surface area contributed by atoms with Crippen molar-refractivity contribution in [2.45, 2.75) is 6.92 Å². The molecule has 33 heavy (non-hydrogen) atoms. The molecule has 0 bridgehead atoms. The number of rotatable bonds is 7. The average molecular weight is 443 g/mol. The SMILES string of the molecule is Cc1ccc(C(=O)N(CCN2CCN(c3ccccc3)CC2)c2ccccc2C(N)=O)cc1. The van der Waals surface area contributed by atoms with Gasteiger partial charge in [-0.15, -0.1) is 0 Å². The minimum absolute atomic E-state index is 0.133. The second-order valence-electron chi connectivity index (χ2n) is 8.37. The Balaban J connectivity index is 1.49. The molecule has 6 nitrogen and oxygen atoms in total. The summed E-state index contributed by atoms with van der Waals surface area (Å²) in [6.45, 7) is 6.89. The van der Waals surface area contributed by atoms with Gasteiger partial charge in [-0.3, -0.25) is 14.5 Å². The average Bonchev–Trinajstić information content (AvgIpc) is 2.85. The molecule has 2 N–H and O–H groups in total. The molecule has 6 heteroatoms. The first-order chi connectivity index (χ1) is 16.0. The summed E-state index contributed by atoms with van der Waals surface area (Å²) >= 11 is 0. The lowest BCUT2D eigenvalue weighted by Crippen LogP contribution is -2.49. The van der Waals surface area contributed by atoms with Crippen LogP contribution in [0.4, 0.5) is 11.4 Å². The molecule has 0 aromatic heterocycles. The van der Waals surface area contributed by atoms with Crippen LogP contribution in [0, 0.1) is 6.92 Å². The van der Waals surface area contributed by atoms with Crippen LogP contribution in [0.5, 0.6) is 0 Å². The van der Waals surface area contributed by atoms with Crippen LogP contribution in [0.25, 0.3) is 0 Å². The van der Waals surface area contributed by atoms with Crippen LogP contribution in [0.1, 0.15) is 26.3 Å². The highest BCUT2D eigenvalue weighted by molar-refractivity contribution is 6.10. The molecule has 0 radical (unpaired) electrons. The van der Waals surface area contributed by atoms with E-state index in [0.29, 0.717) is 29.9 Å². The standard InChI is InChI=1S/C27H30N4O2/c1-21-11-13-22(14-12-21)27(33)31(25-10-6-5-9-24(25)26(28)32)20-17-29-15-18-30(19-16-29)23-7-3-2-4-8-23/h2-14H,15-20H2,1H3,(H2,28,32). The van der Waals surface area contributed by atoms with Crippen LogP contribution >= 0.6 is 0 Å². The van der Waals surface area contributed by atoms with Crippen molar-refractivity contribution in [3.05, 3.63) is 95.6 Å². The number of primary amides is 1. The molecule has 4 rings (SSSR count). The van der Waals surface area contributed by atoms with Crippen molar-refractivity contribution in [2.24, 2.45) is 5.73 Å². The number of carbonyl (C=O) groups excluding carboxylic acids is 2. The fourth-order valence-electron chi connectivity index (χ4n) is 4.21. The molecule has 3 aromatic rings. The van der Waals surface area contributed by atoms with Crippen molar-refractivity contribution in [1.29, 1.82) is 0 Å². The van der Waals surface area contributed by atoms with Gasteiger partial charge in [-0.25, -0.2) is 0 Å². The number of nitrogens with zero attached hydrogens (tertiary/aromatic N) is 3. The van der Waals surface area contributed by atoms with Crippen LogP contribution in [-0.2, 0) is 0 Å². The van der Waals surface area contributed by atoms with Crippen molar-refractivity contribution >= 4 is 23.2 Å². The normalized spacial score (nSPS) is 14.2. The minimum Gasteiger partial charge on any atom is -0.369 e. The summed E-state index contributed by atoms with van der Waals surface area (Å²) in [5.74, 6) is -0.671. The predicted octanol–water partition coefficient (Wildman–Crippen LogP) is 3.56. The molecule has 1 heterocycles. The number of anilines is 2. The number of benzene rings is 3. The lowest BCUT2D eigenvalue weighted by Gasteiger charge is -2.37. The summed E-state index contributed by atoms with van der Waals surface area (Å²) in [7, 11) is 0. The zero-order valence-electron chi connectivity index (χ0n) is 19.0. The third kappa shape index (κ3) is 5.41. The summed E-state index contributed by atoms with van der Waals surface area (Å²) in [5.41, 5.74) is 9.46. The molecule has 0 saturated carbocycles. The largest absolute Gasteiger partial charge is 0.369 e. The molecule has 1 aliphatic heterocycles. The minimum atomic E-state index is -0.538. The number of para-hydroxylation sites is 2. The maximum absolute atomic E-state index is 13.5. The molecule has 170 valence electrons. The Hall–Kier alpha value is -3.64. The molecule has 3 aromatic carbocycles. The van der Waals surface area contributed by atoms with Gasteiger partial charge >= 0.3 is 0 Å². The van der Waals surface area contributed by atoms with Gasteiger partial charge in [0.1, 0.15) is 0 Å². The van der Waals surface area contributed by atoms with E-state index in [4.69, 9.17) is 5.73 Å². The van der Waals surface area contributed by atoms with E-state index in [1.165, 1.54) is 5.69 Å². The van der Waals surface area contributed by atoms with Crippen LogP contribution < -0.4 is 15.5 Å². The van der Waals surface area contributed by atoms with Gasteiger partial charge in [0.2, 0.25) is 0 Å². The first-order valence-electron chi connectivity index (χ1n) is 11.3. The van der Waals surface area contributed by atoms with Crippen LogP contribution in [-0.4, -0.2) is 56.0 Å². The van der Waals surface area contributed by atoms with Crippen molar-refractivity contribution in [3.8, 4) is 0 Å². The van der Waals surface area contributed by atoms with Gasteiger partial charge in [0, 0.05) is 50.5 Å². The quantitative estimate of drug-likeness (QED) is 0.607. The molecule has 0 atom stereocenters. The van der Waals surface area contributed by atoms with Gasteiger partial charge < -0.3 is 15.5 Å². The third-order valence-electron chi connectivity index (χ3n) is 6.14. The second-order valence-corrected chi connectivity index (χ2v) is 8.37. The lowest BCUT2D eigenvalue weighted by molar-refractivity contribution is 0.0982. The van der Waals surface area contributed by atoms with Gasteiger partial charge in [-0.1, -0.05) is 48.0 Å². The molecular weight excluding hydrogens is 412 g/mol. The maximum atomic E-state index is 13.5. The number of nitrogens with two attached hydrogens (primary N) is 1. The molecule has 1 fully saturated rings. The second kappa shape index (κ2) is 10.3. The first kappa shape index (κ1) is 22.6. The lowest BCUT2D eigenvalue weighted by atomic mass is 10.1. The Morgan fingerprint density at radius 2 is 1.48 bits per heavy atom. The Labute approximate surface area is 195 Å². The summed E-state index contributed by atoms with van der Waals surface area (Å²) in [4.78, 5) is 32.0. The molecule has 0 spiro atoms. The highest BCUT2D eigenvalue weighted by atomic mass is 16.2. The van der Waals surface area contributed by atoms with E-state index in [0.717, 1.165) is 31.7 Å². The monoisotopic (exact) mass is 442 g/mol. The number of amides is 2. The topological polar surface area (TPSA) is 69.9 Å². The van der Waals surface area contributed by atoms with E-state index in [2.05, 4.69) is 34.1 Å². The predicted molar refractivity (Wildman–Crippen MR) is 133 cm³/mol. The van der Waals surface area contributed by atoms with Crippen molar-refractivity contribution < 1.29 is 9.59 Å². The molecule has 0 unspecified atom stereocenters. The van der Waals surface area contributed by atoms with Gasteiger partial charge in [-0.2, -0.15) is 0 Å². The van der Waals surface area contributed by atoms with Crippen LogP contribution in [0.3, 0.4) is 0 Å². The highest BCUT2D eigenvalue weighted by Crippen LogP contribution is 2.23. The zero-order chi connectivity index (χ0) is 23.2. The Bertz CT molecular complexity index is 1090. The van der Waals surface area contributed by atoms with E-state index >= 15 is 0 Å². The van der Waals surface area contributed by atoms with Crippen molar-refractivity contribution in [3.63, 3.8) is 0 Å². The van der Waals surface area contributed by atoms with E-state index in [1.807, 2.05) is 43.3 Å². The third-order valence-corrected chi connectivity index (χ3v) is 6.14. The molecule has 2 amide bonds. The molecule has 0 aliphatic carbocycles. The summed E-state index contributed by atoms with van der Waals surface area (Å²) in [5, 5.41) is 0.